The number of carbonyl (C=O) groups excluding carboxylic acids is 3. The van der Waals surface area contributed by atoms with Crippen LogP contribution in [0.15, 0.2) is 30.3 Å². The van der Waals surface area contributed by atoms with Crippen LogP contribution in [-0.4, -0.2) is 53.3 Å². The number of imide groups is 1. The van der Waals surface area contributed by atoms with E-state index in [-0.39, 0.29) is 29.8 Å². The lowest BCUT2D eigenvalue weighted by atomic mass is 9.64. The lowest BCUT2D eigenvalue weighted by Gasteiger charge is -2.42. The maximum Gasteiger partial charge on any atom is 0.327 e. The molecule has 6 heteroatoms. The smallest absolute Gasteiger partial charge is 0.327 e. The van der Waals surface area contributed by atoms with Crippen LogP contribution in [0.3, 0.4) is 0 Å². The highest BCUT2D eigenvalue weighted by atomic mass is 16.2. The summed E-state index contributed by atoms with van der Waals surface area (Å²) in [5.41, 5.74) is 0.502. The molecule has 4 rings (SSSR count). The van der Waals surface area contributed by atoms with Crippen LogP contribution in [0.25, 0.3) is 0 Å². The molecule has 0 unspecified atom stereocenters. The fourth-order valence-corrected chi connectivity index (χ4v) is 5.10. The minimum atomic E-state index is -0.727. The summed E-state index contributed by atoms with van der Waals surface area (Å²) in [5.74, 6) is -0.457. The molecule has 28 heavy (non-hydrogen) atoms. The van der Waals surface area contributed by atoms with Gasteiger partial charge in [0.15, 0.2) is 0 Å². The highest BCUT2D eigenvalue weighted by Crippen LogP contribution is 2.43. The van der Waals surface area contributed by atoms with Gasteiger partial charge in [0, 0.05) is 19.0 Å². The first-order valence-electron chi connectivity index (χ1n) is 10.4. The Hall–Kier alpha value is -2.37. The number of urea groups is 1. The van der Waals surface area contributed by atoms with E-state index in [1.807, 2.05) is 18.2 Å². The van der Waals surface area contributed by atoms with Crippen LogP contribution < -0.4 is 5.32 Å². The Bertz CT molecular complexity index is 766. The summed E-state index contributed by atoms with van der Waals surface area (Å²) in [6.07, 6.45) is 7.63. The zero-order chi connectivity index (χ0) is 19.8. The second-order valence-corrected chi connectivity index (χ2v) is 8.60. The van der Waals surface area contributed by atoms with Gasteiger partial charge in [0.25, 0.3) is 5.91 Å². The topological polar surface area (TPSA) is 69.7 Å². The van der Waals surface area contributed by atoms with Crippen LogP contribution in [0.2, 0.25) is 0 Å². The number of hydrogen-bond donors (Lipinski definition) is 1. The average molecular weight is 383 g/mol. The van der Waals surface area contributed by atoms with Gasteiger partial charge in [-0.1, -0.05) is 56.0 Å². The maximum atomic E-state index is 13.0. The monoisotopic (exact) mass is 383 g/mol. The van der Waals surface area contributed by atoms with Gasteiger partial charge in [-0.2, -0.15) is 0 Å². The van der Waals surface area contributed by atoms with E-state index in [4.69, 9.17) is 0 Å². The zero-order valence-corrected chi connectivity index (χ0v) is 16.6. The number of hydrogen-bond acceptors (Lipinski definition) is 3. The molecule has 2 saturated carbocycles. The van der Waals surface area contributed by atoms with Gasteiger partial charge in [-0.05, 0) is 31.2 Å². The van der Waals surface area contributed by atoms with Crippen molar-refractivity contribution in [3.8, 4) is 0 Å². The van der Waals surface area contributed by atoms with Crippen molar-refractivity contribution in [3.05, 3.63) is 35.9 Å². The van der Waals surface area contributed by atoms with Crippen LogP contribution in [-0.2, 0) is 15.0 Å². The molecule has 1 heterocycles. The zero-order valence-electron chi connectivity index (χ0n) is 16.6. The maximum absolute atomic E-state index is 13.0. The summed E-state index contributed by atoms with van der Waals surface area (Å²) >= 11 is 0. The van der Waals surface area contributed by atoms with Crippen molar-refractivity contribution < 1.29 is 14.4 Å². The third-order valence-electron chi connectivity index (χ3n) is 7.11. The van der Waals surface area contributed by atoms with E-state index in [2.05, 4.69) is 17.4 Å². The largest absolute Gasteiger partial charge is 0.354 e. The molecular weight excluding hydrogens is 354 g/mol. The molecular formula is C22H29N3O3. The molecule has 3 fully saturated rings. The first-order valence-corrected chi connectivity index (χ1v) is 10.4. The molecule has 1 spiro atoms. The van der Waals surface area contributed by atoms with Gasteiger partial charge in [0.05, 0.1) is 0 Å². The molecule has 6 nitrogen and oxygen atoms in total. The van der Waals surface area contributed by atoms with Gasteiger partial charge < -0.3 is 10.2 Å². The Morgan fingerprint density at radius 3 is 2.29 bits per heavy atom. The summed E-state index contributed by atoms with van der Waals surface area (Å²) in [7, 11) is 1.70. The van der Waals surface area contributed by atoms with Gasteiger partial charge in [-0.15, -0.1) is 0 Å². The van der Waals surface area contributed by atoms with Crippen molar-refractivity contribution in [1.82, 2.24) is 15.1 Å². The van der Waals surface area contributed by atoms with E-state index in [1.54, 1.807) is 11.9 Å². The van der Waals surface area contributed by atoms with Crippen LogP contribution >= 0.6 is 0 Å². The predicted molar refractivity (Wildman–Crippen MR) is 106 cm³/mol. The SMILES string of the molecule is CN1C(=O)N(CC(=O)NCC2(c3ccccc3)CCC2)C(=O)C12CCCCC2. The lowest BCUT2D eigenvalue weighted by molar-refractivity contribution is -0.137. The molecule has 0 atom stereocenters. The molecule has 0 bridgehead atoms. The van der Waals surface area contributed by atoms with Crippen molar-refractivity contribution in [3.63, 3.8) is 0 Å². The fraction of sp³-hybridized carbons (Fsp3) is 0.591. The highest BCUT2D eigenvalue weighted by molar-refractivity contribution is 6.08. The van der Waals surface area contributed by atoms with E-state index in [9.17, 15) is 14.4 Å². The summed E-state index contributed by atoms with van der Waals surface area (Å²) in [4.78, 5) is 41.0. The van der Waals surface area contributed by atoms with E-state index in [1.165, 1.54) is 5.56 Å². The second kappa shape index (κ2) is 7.22. The van der Waals surface area contributed by atoms with Crippen LogP contribution in [0, 0.1) is 0 Å². The van der Waals surface area contributed by atoms with Crippen molar-refractivity contribution >= 4 is 17.8 Å². The lowest BCUT2D eigenvalue weighted by Crippen LogP contribution is -2.50. The van der Waals surface area contributed by atoms with Gasteiger partial charge >= 0.3 is 6.03 Å². The molecule has 1 aromatic rings. The molecule has 1 aromatic carbocycles. The number of amides is 4. The van der Waals surface area contributed by atoms with Crippen LogP contribution in [0.1, 0.15) is 56.9 Å². The third kappa shape index (κ3) is 2.99. The molecule has 2 aliphatic carbocycles. The Morgan fingerprint density at radius 2 is 1.68 bits per heavy atom. The number of benzene rings is 1. The van der Waals surface area contributed by atoms with Crippen LogP contribution in [0.4, 0.5) is 4.79 Å². The predicted octanol–water partition coefficient (Wildman–Crippen LogP) is 2.82. The van der Waals surface area contributed by atoms with Crippen molar-refractivity contribution in [1.29, 1.82) is 0 Å². The molecule has 0 radical (unpaired) electrons. The van der Waals surface area contributed by atoms with Gasteiger partial charge in [-0.25, -0.2) is 4.79 Å². The Morgan fingerprint density at radius 1 is 1.00 bits per heavy atom. The van der Waals surface area contributed by atoms with Crippen molar-refractivity contribution in [2.24, 2.45) is 0 Å². The highest BCUT2D eigenvalue weighted by Gasteiger charge is 2.55. The summed E-state index contributed by atoms with van der Waals surface area (Å²) < 4.78 is 0. The van der Waals surface area contributed by atoms with E-state index >= 15 is 0 Å². The third-order valence-corrected chi connectivity index (χ3v) is 7.11. The number of nitrogens with one attached hydrogen (secondary N) is 1. The van der Waals surface area contributed by atoms with Crippen molar-refractivity contribution in [2.45, 2.75) is 62.3 Å². The summed E-state index contributed by atoms with van der Waals surface area (Å²) in [5, 5.41) is 2.99. The van der Waals surface area contributed by atoms with Gasteiger partial charge in [-0.3, -0.25) is 14.5 Å². The van der Waals surface area contributed by atoms with Gasteiger partial charge in [0.1, 0.15) is 12.1 Å². The summed E-state index contributed by atoms with van der Waals surface area (Å²) in [6, 6.07) is 9.93. The van der Waals surface area contributed by atoms with E-state index < -0.39 is 5.54 Å². The molecule has 1 N–H and O–H groups in total. The standard InChI is InChI=1S/C22H29N3O3/c1-24-20(28)25(19(27)22(24)13-6-3-7-14-22)15-18(26)23-16-21(11-8-12-21)17-9-4-2-5-10-17/h2,4-5,9-10H,3,6-8,11-16H2,1H3,(H,23,26). The molecule has 1 aliphatic heterocycles. The molecule has 0 aromatic heterocycles. The molecule has 150 valence electrons. The van der Waals surface area contributed by atoms with E-state index in [0.717, 1.165) is 43.4 Å². The minimum absolute atomic E-state index is 0.0165. The fourth-order valence-electron chi connectivity index (χ4n) is 5.10. The first-order chi connectivity index (χ1) is 13.5. The van der Waals surface area contributed by atoms with Crippen molar-refractivity contribution in [2.75, 3.05) is 20.1 Å². The molecule has 1 saturated heterocycles. The molecule has 4 amide bonds. The van der Waals surface area contributed by atoms with Crippen LogP contribution in [0.5, 0.6) is 0 Å². The first kappa shape index (κ1) is 19.0. The second-order valence-electron chi connectivity index (χ2n) is 8.60. The number of carbonyl (C=O) groups is 3. The Balaban J connectivity index is 1.40. The molecule has 3 aliphatic rings. The Kier molecular flexibility index (Phi) is 4.89. The Labute approximate surface area is 166 Å². The normalized spacial score (nSPS) is 23.0. The van der Waals surface area contributed by atoms with Gasteiger partial charge in [0.2, 0.25) is 5.91 Å². The quantitative estimate of drug-likeness (QED) is 0.795. The van der Waals surface area contributed by atoms with E-state index in [0.29, 0.717) is 19.4 Å². The number of rotatable bonds is 5. The average Bonchev–Trinajstić information content (AvgIpc) is 2.85. The number of nitrogens with zero attached hydrogens (tertiary/aromatic N) is 2. The summed E-state index contributed by atoms with van der Waals surface area (Å²) in [6.45, 7) is 0.363. The minimum Gasteiger partial charge on any atom is -0.354 e. The number of likely N-dealkylation sites (N-methyl/N-ethyl adjacent to an activating group) is 1.